The van der Waals surface area contributed by atoms with Crippen molar-refractivity contribution in [2.24, 2.45) is 18.7 Å². The number of hydrogen-bond donors (Lipinski definition) is 2. The Bertz CT molecular complexity index is 645. The second-order valence-corrected chi connectivity index (χ2v) is 6.01. The average molecular weight is 326 g/mol. The van der Waals surface area contributed by atoms with Crippen molar-refractivity contribution in [2.75, 3.05) is 11.9 Å². The molecule has 8 heteroatoms. The van der Waals surface area contributed by atoms with Crippen molar-refractivity contribution in [3.05, 3.63) is 29.5 Å². The van der Waals surface area contributed by atoms with E-state index in [0.717, 1.165) is 10.1 Å². The Hall–Kier alpha value is -1.57. The number of benzene rings is 1. The van der Waals surface area contributed by atoms with Gasteiger partial charge in [-0.1, -0.05) is 18.5 Å². The van der Waals surface area contributed by atoms with E-state index in [4.69, 9.17) is 17.3 Å². The van der Waals surface area contributed by atoms with Crippen molar-refractivity contribution >= 4 is 35.0 Å². The Morgan fingerprint density at radius 2 is 2.33 bits per heavy atom. The van der Waals surface area contributed by atoms with Crippen molar-refractivity contribution in [1.29, 1.82) is 0 Å². The molecule has 3 N–H and O–H groups in total. The summed E-state index contributed by atoms with van der Waals surface area (Å²) in [4.78, 5) is 12.6. The van der Waals surface area contributed by atoms with E-state index >= 15 is 0 Å². The van der Waals surface area contributed by atoms with Gasteiger partial charge in [0.15, 0.2) is 5.16 Å². The minimum Gasteiger partial charge on any atom is -0.330 e. The molecule has 2 rings (SSSR count). The minimum atomic E-state index is -0.239. The normalized spacial score (nSPS) is 12.2. The first kappa shape index (κ1) is 15.8. The Morgan fingerprint density at radius 3 is 2.90 bits per heavy atom. The summed E-state index contributed by atoms with van der Waals surface area (Å²) in [7, 11) is 1.86. The molecular weight excluding hydrogens is 310 g/mol. The first-order valence-corrected chi connectivity index (χ1v) is 7.53. The number of nitrogens with one attached hydrogen (secondary N) is 1. The number of aromatic nitrogens is 3. The maximum atomic E-state index is 11.8. The van der Waals surface area contributed by atoms with Crippen LogP contribution in [-0.2, 0) is 11.8 Å². The van der Waals surface area contributed by atoms with Gasteiger partial charge in [0.25, 0.3) is 0 Å². The lowest BCUT2D eigenvalue weighted by Crippen LogP contribution is -2.26. The van der Waals surface area contributed by atoms with Gasteiger partial charge in [0, 0.05) is 30.1 Å². The lowest BCUT2D eigenvalue weighted by atomic mass is 10.1. The highest BCUT2D eigenvalue weighted by atomic mass is 35.5. The number of carbonyl (C=O) groups excluding carboxylic acids is 1. The van der Waals surface area contributed by atoms with Crippen molar-refractivity contribution in [2.45, 2.75) is 17.0 Å². The van der Waals surface area contributed by atoms with Crippen LogP contribution in [0.15, 0.2) is 34.6 Å². The number of amides is 1. The topological polar surface area (TPSA) is 85.8 Å². The van der Waals surface area contributed by atoms with E-state index in [1.54, 1.807) is 30.0 Å². The lowest BCUT2D eigenvalue weighted by Gasteiger charge is -2.11. The molecule has 0 radical (unpaired) electrons. The number of rotatable bonds is 5. The fraction of sp³-hybridized carbons (Fsp3) is 0.308. The van der Waals surface area contributed by atoms with Gasteiger partial charge >= 0.3 is 0 Å². The first-order valence-electron chi connectivity index (χ1n) is 6.33. The molecule has 0 bridgehead atoms. The van der Waals surface area contributed by atoms with Crippen molar-refractivity contribution in [1.82, 2.24) is 14.8 Å². The fourth-order valence-corrected chi connectivity index (χ4v) is 2.56. The van der Waals surface area contributed by atoms with Crippen molar-refractivity contribution < 1.29 is 4.79 Å². The minimum absolute atomic E-state index is 0.123. The summed E-state index contributed by atoms with van der Waals surface area (Å²) in [5.74, 6) is -0.362. The molecule has 1 aromatic carbocycles. The SMILES string of the molecule is CC(CN)C(=O)Nc1ccc(Sc2nncn2C)c(Cl)c1. The number of nitrogens with zero attached hydrogens (tertiary/aromatic N) is 3. The summed E-state index contributed by atoms with van der Waals surface area (Å²) in [6.45, 7) is 2.08. The lowest BCUT2D eigenvalue weighted by molar-refractivity contribution is -0.119. The monoisotopic (exact) mass is 325 g/mol. The molecule has 1 atom stereocenters. The molecule has 0 saturated heterocycles. The molecule has 0 spiro atoms. The third kappa shape index (κ3) is 3.96. The van der Waals surface area contributed by atoms with Crippen LogP contribution in [0.4, 0.5) is 5.69 Å². The van der Waals surface area contributed by atoms with E-state index in [-0.39, 0.29) is 11.8 Å². The van der Waals surface area contributed by atoms with E-state index in [0.29, 0.717) is 17.3 Å². The third-order valence-electron chi connectivity index (χ3n) is 2.87. The van der Waals surface area contributed by atoms with E-state index < -0.39 is 0 Å². The van der Waals surface area contributed by atoms with E-state index in [9.17, 15) is 4.79 Å². The molecule has 2 aromatic rings. The van der Waals surface area contributed by atoms with Crippen LogP contribution in [0.3, 0.4) is 0 Å². The van der Waals surface area contributed by atoms with Crippen LogP contribution in [0.2, 0.25) is 5.02 Å². The predicted molar refractivity (Wildman–Crippen MR) is 83.4 cm³/mol. The van der Waals surface area contributed by atoms with Gasteiger partial charge in [0.2, 0.25) is 5.91 Å². The number of nitrogens with two attached hydrogens (primary N) is 1. The van der Waals surface area contributed by atoms with Gasteiger partial charge in [0.1, 0.15) is 6.33 Å². The Morgan fingerprint density at radius 1 is 1.57 bits per heavy atom. The van der Waals surface area contributed by atoms with Crippen LogP contribution in [0.25, 0.3) is 0 Å². The molecule has 1 heterocycles. The summed E-state index contributed by atoms with van der Waals surface area (Å²) in [5, 5.41) is 11.9. The van der Waals surface area contributed by atoms with Gasteiger partial charge < -0.3 is 15.6 Å². The molecule has 0 aliphatic carbocycles. The number of anilines is 1. The first-order chi connectivity index (χ1) is 10.0. The van der Waals surface area contributed by atoms with Gasteiger partial charge in [-0.3, -0.25) is 4.79 Å². The molecule has 0 fully saturated rings. The zero-order valence-corrected chi connectivity index (χ0v) is 13.3. The highest BCUT2D eigenvalue weighted by molar-refractivity contribution is 7.99. The van der Waals surface area contributed by atoms with Gasteiger partial charge in [-0.2, -0.15) is 0 Å². The average Bonchev–Trinajstić information content (AvgIpc) is 2.86. The zero-order valence-electron chi connectivity index (χ0n) is 11.7. The summed E-state index contributed by atoms with van der Waals surface area (Å²) < 4.78 is 1.81. The van der Waals surface area contributed by atoms with Crippen LogP contribution in [-0.4, -0.2) is 27.2 Å². The second-order valence-electron chi connectivity index (χ2n) is 4.60. The number of carbonyl (C=O) groups is 1. The van der Waals surface area contributed by atoms with Gasteiger partial charge in [0.05, 0.1) is 5.02 Å². The second kappa shape index (κ2) is 6.93. The molecule has 21 heavy (non-hydrogen) atoms. The number of hydrogen-bond acceptors (Lipinski definition) is 5. The van der Waals surface area contributed by atoms with Crippen molar-refractivity contribution in [3.8, 4) is 0 Å². The van der Waals surface area contributed by atoms with Crippen LogP contribution >= 0.6 is 23.4 Å². The smallest absolute Gasteiger partial charge is 0.228 e. The summed E-state index contributed by atoms with van der Waals surface area (Å²) in [5.41, 5.74) is 6.11. The van der Waals surface area contributed by atoms with Crippen LogP contribution < -0.4 is 11.1 Å². The Labute approximate surface area is 132 Å². The van der Waals surface area contributed by atoms with E-state index in [1.807, 2.05) is 13.1 Å². The van der Waals surface area contributed by atoms with Gasteiger partial charge in [-0.05, 0) is 30.0 Å². The van der Waals surface area contributed by atoms with E-state index in [1.165, 1.54) is 11.8 Å². The Balaban J connectivity index is 2.11. The molecule has 0 saturated carbocycles. The van der Waals surface area contributed by atoms with Crippen LogP contribution in [0.1, 0.15) is 6.92 Å². The highest BCUT2D eigenvalue weighted by Gasteiger charge is 2.12. The highest BCUT2D eigenvalue weighted by Crippen LogP contribution is 2.33. The quantitative estimate of drug-likeness (QED) is 0.879. The molecule has 0 aliphatic rings. The number of halogens is 1. The van der Waals surface area contributed by atoms with Gasteiger partial charge in [-0.15, -0.1) is 10.2 Å². The van der Waals surface area contributed by atoms with E-state index in [2.05, 4.69) is 15.5 Å². The van der Waals surface area contributed by atoms with Gasteiger partial charge in [-0.25, -0.2) is 0 Å². The maximum Gasteiger partial charge on any atom is 0.228 e. The maximum absolute atomic E-state index is 11.8. The third-order valence-corrected chi connectivity index (χ3v) is 4.42. The van der Waals surface area contributed by atoms with Crippen LogP contribution in [0, 0.1) is 5.92 Å². The molecule has 1 aromatic heterocycles. The standard InChI is InChI=1S/C13H16ClN5OS/c1-8(6-15)12(20)17-9-3-4-11(10(14)5-9)21-13-18-16-7-19(13)2/h3-5,7-8H,6,15H2,1-2H3,(H,17,20). The largest absolute Gasteiger partial charge is 0.330 e. The molecule has 112 valence electrons. The summed E-state index contributed by atoms with van der Waals surface area (Å²) in [6.07, 6.45) is 1.62. The molecule has 1 amide bonds. The fourth-order valence-electron chi connectivity index (χ4n) is 1.50. The number of aryl methyl sites for hydroxylation is 1. The summed E-state index contributed by atoms with van der Waals surface area (Å²) in [6, 6.07) is 5.34. The zero-order chi connectivity index (χ0) is 15.4. The Kier molecular flexibility index (Phi) is 5.22. The van der Waals surface area contributed by atoms with Crippen LogP contribution in [0.5, 0.6) is 0 Å². The molecular formula is C13H16ClN5OS. The molecule has 0 aliphatic heterocycles. The molecule has 6 nitrogen and oxygen atoms in total. The molecule has 1 unspecified atom stereocenters. The van der Waals surface area contributed by atoms with Crippen molar-refractivity contribution in [3.63, 3.8) is 0 Å². The predicted octanol–water partition coefficient (Wildman–Crippen LogP) is 2.15. The summed E-state index contributed by atoms with van der Waals surface area (Å²) >= 11 is 7.65.